The van der Waals surface area contributed by atoms with E-state index in [0.29, 0.717) is 6.61 Å². The van der Waals surface area contributed by atoms with Crippen molar-refractivity contribution in [3.05, 3.63) is 0 Å². The van der Waals surface area contributed by atoms with E-state index in [0.717, 1.165) is 0 Å². The highest BCUT2D eigenvalue weighted by Gasteiger charge is 2.16. The Kier molecular flexibility index (Phi) is 4.42. The molecule has 0 spiro atoms. The smallest absolute Gasteiger partial charge is 0.149 e. The standard InChI is InChI=1S/C9H19NO2/c1-7(11)8(10-5)6-12-9(2,3)4/h8,10H,6H2,1-5H3/t8-/m1/s1. The molecule has 3 nitrogen and oxygen atoms in total. The predicted molar refractivity (Wildman–Crippen MR) is 49.2 cm³/mol. The number of nitrogens with one attached hydrogen (secondary N) is 1. The van der Waals surface area contributed by atoms with Crippen molar-refractivity contribution >= 4 is 5.78 Å². The van der Waals surface area contributed by atoms with Gasteiger partial charge in [-0.2, -0.15) is 0 Å². The van der Waals surface area contributed by atoms with Gasteiger partial charge in [0.15, 0.2) is 0 Å². The van der Waals surface area contributed by atoms with Crippen LogP contribution in [0, 0.1) is 0 Å². The number of carbonyl (C=O) groups is 1. The Morgan fingerprint density at radius 2 is 2.00 bits per heavy atom. The van der Waals surface area contributed by atoms with Crippen LogP contribution in [0.3, 0.4) is 0 Å². The lowest BCUT2D eigenvalue weighted by Crippen LogP contribution is -2.39. The van der Waals surface area contributed by atoms with Crippen LogP contribution < -0.4 is 5.32 Å². The fraction of sp³-hybridized carbons (Fsp3) is 0.889. The SMILES string of the molecule is CN[C@H](COC(C)(C)C)C(C)=O. The monoisotopic (exact) mass is 173 g/mol. The van der Waals surface area contributed by atoms with Gasteiger partial charge in [-0.15, -0.1) is 0 Å². The Morgan fingerprint density at radius 1 is 1.50 bits per heavy atom. The van der Waals surface area contributed by atoms with Crippen LogP contribution in [0.25, 0.3) is 0 Å². The van der Waals surface area contributed by atoms with Gasteiger partial charge in [0.1, 0.15) is 5.78 Å². The molecule has 0 aromatic rings. The first-order chi connectivity index (χ1) is 5.37. The molecule has 0 bridgehead atoms. The topological polar surface area (TPSA) is 38.3 Å². The molecule has 0 fully saturated rings. The van der Waals surface area contributed by atoms with Crippen molar-refractivity contribution in [1.29, 1.82) is 0 Å². The van der Waals surface area contributed by atoms with E-state index in [-0.39, 0.29) is 17.4 Å². The number of ether oxygens (including phenoxy) is 1. The first-order valence-corrected chi connectivity index (χ1v) is 4.18. The maximum absolute atomic E-state index is 10.9. The van der Waals surface area contributed by atoms with E-state index in [9.17, 15) is 4.79 Å². The van der Waals surface area contributed by atoms with Gasteiger partial charge >= 0.3 is 0 Å². The molecular weight excluding hydrogens is 154 g/mol. The lowest BCUT2D eigenvalue weighted by atomic mass is 10.2. The van der Waals surface area contributed by atoms with E-state index >= 15 is 0 Å². The molecule has 0 aliphatic heterocycles. The van der Waals surface area contributed by atoms with Crippen molar-refractivity contribution in [1.82, 2.24) is 5.32 Å². The normalized spacial score (nSPS) is 14.4. The number of rotatable bonds is 4. The molecular formula is C9H19NO2. The van der Waals surface area contributed by atoms with Crippen molar-refractivity contribution in [2.75, 3.05) is 13.7 Å². The molecule has 72 valence electrons. The molecule has 0 rings (SSSR count). The van der Waals surface area contributed by atoms with Crippen LogP contribution in [0.1, 0.15) is 27.7 Å². The summed E-state index contributed by atoms with van der Waals surface area (Å²) in [5.41, 5.74) is -0.176. The van der Waals surface area contributed by atoms with Crippen molar-refractivity contribution < 1.29 is 9.53 Å². The molecule has 0 heterocycles. The van der Waals surface area contributed by atoms with E-state index in [2.05, 4.69) is 5.32 Å². The largest absolute Gasteiger partial charge is 0.374 e. The zero-order chi connectivity index (χ0) is 9.78. The number of Topliss-reactive ketones (excluding diaryl/α,β-unsaturated/α-hetero) is 1. The molecule has 0 unspecified atom stereocenters. The highest BCUT2D eigenvalue weighted by Crippen LogP contribution is 2.07. The molecule has 1 N–H and O–H groups in total. The number of likely N-dealkylation sites (N-methyl/N-ethyl adjacent to an activating group) is 1. The van der Waals surface area contributed by atoms with Gasteiger partial charge in [0.2, 0.25) is 0 Å². The van der Waals surface area contributed by atoms with Crippen LogP contribution in [-0.4, -0.2) is 31.1 Å². The summed E-state index contributed by atoms with van der Waals surface area (Å²) < 4.78 is 5.46. The van der Waals surface area contributed by atoms with Gasteiger partial charge in [-0.1, -0.05) is 0 Å². The van der Waals surface area contributed by atoms with Crippen LogP contribution in [0.2, 0.25) is 0 Å². The molecule has 12 heavy (non-hydrogen) atoms. The predicted octanol–water partition coefficient (Wildman–Crippen LogP) is 0.978. The van der Waals surface area contributed by atoms with Gasteiger partial charge < -0.3 is 10.1 Å². The average molecular weight is 173 g/mol. The van der Waals surface area contributed by atoms with Crippen molar-refractivity contribution in [2.45, 2.75) is 39.3 Å². The number of carbonyl (C=O) groups excluding carboxylic acids is 1. The third-order valence-electron chi connectivity index (χ3n) is 1.52. The second kappa shape index (κ2) is 4.58. The summed E-state index contributed by atoms with van der Waals surface area (Å²) in [6.07, 6.45) is 0. The van der Waals surface area contributed by atoms with Crippen molar-refractivity contribution in [3.8, 4) is 0 Å². The summed E-state index contributed by atoms with van der Waals surface area (Å²) in [5.74, 6) is 0.113. The zero-order valence-corrected chi connectivity index (χ0v) is 8.60. The van der Waals surface area contributed by atoms with E-state index in [1.54, 1.807) is 14.0 Å². The number of ketones is 1. The van der Waals surface area contributed by atoms with E-state index < -0.39 is 0 Å². The molecule has 3 heteroatoms. The number of hydrogen-bond acceptors (Lipinski definition) is 3. The lowest BCUT2D eigenvalue weighted by Gasteiger charge is -2.22. The summed E-state index contributed by atoms with van der Waals surface area (Å²) in [6.45, 7) is 7.92. The Morgan fingerprint density at radius 3 is 2.25 bits per heavy atom. The van der Waals surface area contributed by atoms with Crippen LogP contribution in [0.4, 0.5) is 0 Å². The minimum absolute atomic E-state index is 0.113. The maximum atomic E-state index is 10.9. The van der Waals surface area contributed by atoms with E-state index in [4.69, 9.17) is 4.74 Å². The van der Waals surface area contributed by atoms with Gasteiger partial charge in [-0.05, 0) is 34.7 Å². The van der Waals surface area contributed by atoms with Gasteiger partial charge in [0, 0.05) is 0 Å². The van der Waals surface area contributed by atoms with E-state index in [1.165, 1.54) is 0 Å². The molecule has 0 aliphatic rings. The van der Waals surface area contributed by atoms with Crippen molar-refractivity contribution in [3.63, 3.8) is 0 Å². The zero-order valence-electron chi connectivity index (χ0n) is 8.60. The highest BCUT2D eigenvalue weighted by atomic mass is 16.5. The quantitative estimate of drug-likeness (QED) is 0.688. The van der Waals surface area contributed by atoms with Crippen LogP contribution in [0.5, 0.6) is 0 Å². The Labute approximate surface area is 74.5 Å². The summed E-state index contributed by atoms with van der Waals surface area (Å²) >= 11 is 0. The second-order valence-corrected chi connectivity index (χ2v) is 3.88. The Bertz CT molecular complexity index is 149. The molecule has 0 saturated carbocycles. The summed E-state index contributed by atoms with van der Waals surface area (Å²) in [5, 5.41) is 2.90. The fourth-order valence-electron chi connectivity index (χ4n) is 0.737. The molecule has 0 amide bonds. The van der Waals surface area contributed by atoms with Gasteiger partial charge in [0.25, 0.3) is 0 Å². The molecule has 0 aliphatic carbocycles. The molecule has 0 aromatic carbocycles. The minimum atomic E-state index is -0.177. The maximum Gasteiger partial charge on any atom is 0.149 e. The van der Waals surface area contributed by atoms with Crippen LogP contribution >= 0.6 is 0 Å². The van der Waals surface area contributed by atoms with E-state index in [1.807, 2.05) is 20.8 Å². The second-order valence-electron chi connectivity index (χ2n) is 3.88. The summed E-state index contributed by atoms with van der Waals surface area (Å²) in [4.78, 5) is 10.9. The molecule has 0 aromatic heterocycles. The van der Waals surface area contributed by atoms with Gasteiger partial charge in [0.05, 0.1) is 18.2 Å². The molecule has 1 atom stereocenters. The Balaban J connectivity index is 3.81. The number of hydrogen-bond donors (Lipinski definition) is 1. The van der Waals surface area contributed by atoms with Crippen LogP contribution in [0.15, 0.2) is 0 Å². The average Bonchev–Trinajstić information content (AvgIpc) is 1.85. The first kappa shape index (κ1) is 11.6. The van der Waals surface area contributed by atoms with Gasteiger partial charge in [-0.3, -0.25) is 4.79 Å². The third-order valence-corrected chi connectivity index (χ3v) is 1.52. The van der Waals surface area contributed by atoms with Gasteiger partial charge in [-0.25, -0.2) is 0 Å². The lowest BCUT2D eigenvalue weighted by molar-refractivity contribution is -0.121. The molecule has 0 radical (unpaired) electrons. The third kappa shape index (κ3) is 5.27. The Hall–Kier alpha value is -0.410. The minimum Gasteiger partial charge on any atom is -0.374 e. The molecule has 0 saturated heterocycles. The van der Waals surface area contributed by atoms with Crippen molar-refractivity contribution in [2.24, 2.45) is 0 Å². The fourth-order valence-corrected chi connectivity index (χ4v) is 0.737. The summed E-state index contributed by atoms with van der Waals surface area (Å²) in [7, 11) is 1.76. The highest BCUT2D eigenvalue weighted by molar-refractivity contribution is 5.81. The van der Waals surface area contributed by atoms with Crippen LogP contribution in [-0.2, 0) is 9.53 Å². The first-order valence-electron chi connectivity index (χ1n) is 4.18. The summed E-state index contributed by atoms with van der Waals surface area (Å²) in [6, 6.07) is -0.177.